The molecule has 0 bridgehead atoms. The Balaban J connectivity index is 0.00000387. The maximum absolute atomic E-state index is 13.2. The molecule has 41 heavy (non-hydrogen) atoms. The van der Waals surface area contributed by atoms with Gasteiger partial charge in [0.25, 0.3) is 11.8 Å². The molecular formula is C31H26ClN3O5S. The van der Waals surface area contributed by atoms with Crippen LogP contribution < -0.4 is 15.1 Å². The SMILES string of the molecule is C.COc1cccc(NC(=O)c2cc(-c3ccc(/C=C4\C(=O)N(c5cccc(C(=O)O)c5)N=C4C)s3)ccc2Cl)c1. The van der Waals surface area contributed by atoms with Crippen molar-refractivity contribution in [2.24, 2.45) is 5.10 Å². The van der Waals surface area contributed by atoms with Crippen molar-refractivity contribution in [1.82, 2.24) is 0 Å². The second-order valence-electron chi connectivity index (χ2n) is 8.80. The van der Waals surface area contributed by atoms with Crippen LogP contribution in [-0.4, -0.2) is 35.7 Å². The molecule has 1 aromatic heterocycles. The number of hydrazone groups is 1. The highest BCUT2D eigenvalue weighted by atomic mass is 35.5. The van der Waals surface area contributed by atoms with Crippen molar-refractivity contribution in [3.05, 3.63) is 105 Å². The lowest BCUT2D eigenvalue weighted by Gasteiger charge is -2.12. The van der Waals surface area contributed by atoms with Crippen molar-refractivity contribution >= 4 is 63.9 Å². The van der Waals surface area contributed by atoms with Gasteiger partial charge in [-0.05, 0) is 73.2 Å². The molecule has 0 fully saturated rings. The van der Waals surface area contributed by atoms with Crippen LogP contribution in [0, 0.1) is 0 Å². The lowest BCUT2D eigenvalue weighted by molar-refractivity contribution is -0.114. The number of methoxy groups -OCH3 is 1. The molecule has 0 atom stereocenters. The number of benzene rings is 3. The predicted octanol–water partition coefficient (Wildman–Crippen LogP) is 7.47. The van der Waals surface area contributed by atoms with Crippen molar-refractivity contribution < 1.29 is 24.2 Å². The third kappa shape index (κ3) is 6.21. The van der Waals surface area contributed by atoms with Gasteiger partial charge in [-0.3, -0.25) is 9.59 Å². The summed E-state index contributed by atoms with van der Waals surface area (Å²) < 4.78 is 5.21. The number of halogens is 1. The first-order chi connectivity index (χ1) is 19.2. The van der Waals surface area contributed by atoms with E-state index < -0.39 is 5.97 Å². The summed E-state index contributed by atoms with van der Waals surface area (Å²) >= 11 is 7.81. The molecule has 10 heteroatoms. The fourth-order valence-corrected chi connectivity index (χ4v) is 5.26. The second-order valence-corrected chi connectivity index (χ2v) is 10.3. The second kappa shape index (κ2) is 12.2. The number of nitrogens with zero attached hydrogens (tertiary/aromatic N) is 2. The number of thiophene rings is 1. The summed E-state index contributed by atoms with van der Waals surface area (Å²) in [4.78, 5) is 39.2. The summed E-state index contributed by atoms with van der Waals surface area (Å²) in [6.07, 6.45) is 1.75. The molecule has 8 nitrogen and oxygen atoms in total. The highest BCUT2D eigenvalue weighted by Gasteiger charge is 2.29. The minimum atomic E-state index is -1.08. The van der Waals surface area contributed by atoms with E-state index in [0.717, 1.165) is 15.3 Å². The van der Waals surface area contributed by atoms with Crippen LogP contribution in [0.5, 0.6) is 5.75 Å². The Labute approximate surface area is 246 Å². The Kier molecular flexibility index (Phi) is 8.71. The van der Waals surface area contributed by atoms with Crippen LogP contribution in [0.15, 0.2) is 89.5 Å². The van der Waals surface area contributed by atoms with Crippen LogP contribution in [0.1, 0.15) is 39.9 Å². The number of hydrogen-bond acceptors (Lipinski definition) is 6. The monoisotopic (exact) mass is 587 g/mol. The highest BCUT2D eigenvalue weighted by Crippen LogP contribution is 2.34. The predicted molar refractivity (Wildman–Crippen MR) is 164 cm³/mol. The van der Waals surface area contributed by atoms with Crippen LogP contribution in [-0.2, 0) is 4.79 Å². The zero-order chi connectivity index (χ0) is 28.4. The largest absolute Gasteiger partial charge is 0.497 e. The average Bonchev–Trinajstić information content (AvgIpc) is 3.53. The maximum atomic E-state index is 13.2. The topological polar surface area (TPSA) is 108 Å². The fraction of sp³-hybridized carbons (Fsp3) is 0.0968. The third-order valence-corrected chi connectivity index (χ3v) is 7.55. The number of carboxylic acid groups (broad SMARTS) is 1. The van der Waals surface area contributed by atoms with Gasteiger partial charge in [0.05, 0.1) is 40.2 Å². The third-order valence-electron chi connectivity index (χ3n) is 6.14. The molecule has 0 radical (unpaired) electrons. The number of hydrogen-bond donors (Lipinski definition) is 2. The summed E-state index contributed by atoms with van der Waals surface area (Å²) in [5.41, 5.74) is 3.07. The quantitative estimate of drug-likeness (QED) is 0.218. The summed E-state index contributed by atoms with van der Waals surface area (Å²) in [5.74, 6) is -1.16. The maximum Gasteiger partial charge on any atom is 0.335 e. The van der Waals surface area contributed by atoms with Crippen molar-refractivity contribution in [2.45, 2.75) is 14.4 Å². The van der Waals surface area contributed by atoms with Crippen molar-refractivity contribution in [3.8, 4) is 16.2 Å². The van der Waals surface area contributed by atoms with Gasteiger partial charge in [-0.25, -0.2) is 4.79 Å². The lowest BCUT2D eigenvalue weighted by Crippen LogP contribution is -2.21. The average molecular weight is 588 g/mol. The number of anilines is 2. The van der Waals surface area contributed by atoms with Crippen LogP contribution in [0.25, 0.3) is 16.5 Å². The molecule has 5 rings (SSSR count). The Morgan fingerprint density at radius 3 is 2.59 bits per heavy atom. The first kappa shape index (κ1) is 29.3. The normalized spacial score (nSPS) is 13.5. The number of amides is 2. The van der Waals surface area contributed by atoms with Gasteiger partial charge in [0.2, 0.25) is 0 Å². The Morgan fingerprint density at radius 1 is 1.05 bits per heavy atom. The molecule has 1 aliphatic rings. The Bertz CT molecular complexity index is 1730. The molecule has 3 aromatic carbocycles. The van der Waals surface area contributed by atoms with E-state index in [9.17, 15) is 19.5 Å². The van der Waals surface area contributed by atoms with E-state index >= 15 is 0 Å². The number of ether oxygens (including phenoxy) is 1. The molecule has 208 valence electrons. The van der Waals surface area contributed by atoms with Crippen LogP contribution in [0.2, 0.25) is 5.02 Å². The van der Waals surface area contributed by atoms with E-state index in [1.165, 1.54) is 28.5 Å². The van der Waals surface area contributed by atoms with E-state index in [2.05, 4.69) is 10.4 Å². The van der Waals surface area contributed by atoms with Gasteiger partial charge in [0.1, 0.15) is 5.75 Å². The van der Waals surface area contributed by atoms with Crippen molar-refractivity contribution in [3.63, 3.8) is 0 Å². The molecular weight excluding hydrogens is 562 g/mol. The van der Waals surface area contributed by atoms with E-state index in [1.807, 2.05) is 18.2 Å². The van der Waals surface area contributed by atoms with E-state index in [0.29, 0.717) is 39.0 Å². The van der Waals surface area contributed by atoms with Crippen molar-refractivity contribution in [1.29, 1.82) is 0 Å². The smallest absolute Gasteiger partial charge is 0.335 e. The molecule has 2 amide bonds. The zero-order valence-corrected chi connectivity index (χ0v) is 22.9. The number of carboxylic acids is 1. The number of rotatable bonds is 7. The number of aromatic carboxylic acids is 1. The minimum absolute atomic E-state index is 0. The van der Waals surface area contributed by atoms with Crippen LogP contribution in [0.4, 0.5) is 11.4 Å². The fourth-order valence-electron chi connectivity index (χ4n) is 4.11. The standard InChI is InChI=1S/C30H22ClN3O5S.CH4/c1-17-24(29(36)34(33-17)21-7-3-5-19(13-21)30(37)38)16-23-10-12-27(40-23)18-9-11-26(31)25(14-18)28(35)32-20-6-4-8-22(15-20)39-2;/h3-16H,1-2H3,(H,32,35)(H,37,38);1H4/b24-16-;. The summed E-state index contributed by atoms with van der Waals surface area (Å²) in [6, 6.07) is 22.1. The van der Waals surface area contributed by atoms with E-state index in [4.69, 9.17) is 16.3 Å². The van der Waals surface area contributed by atoms with Gasteiger partial charge < -0.3 is 15.2 Å². The first-order valence-electron chi connectivity index (χ1n) is 12.0. The Morgan fingerprint density at radius 2 is 1.83 bits per heavy atom. The molecule has 0 unspecified atom stereocenters. The summed E-state index contributed by atoms with van der Waals surface area (Å²) in [6.45, 7) is 1.73. The summed E-state index contributed by atoms with van der Waals surface area (Å²) in [7, 11) is 1.55. The molecule has 2 N–H and O–H groups in total. The van der Waals surface area contributed by atoms with Crippen LogP contribution in [0.3, 0.4) is 0 Å². The van der Waals surface area contributed by atoms with E-state index in [-0.39, 0.29) is 24.8 Å². The molecule has 0 saturated heterocycles. The van der Waals surface area contributed by atoms with Gasteiger partial charge in [-0.1, -0.05) is 37.2 Å². The van der Waals surface area contributed by atoms with E-state index in [1.54, 1.807) is 68.6 Å². The highest BCUT2D eigenvalue weighted by molar-refractivity contribution is 7.16. The molecule has 0 aliphatic carbocycles. The molecule has 4 aromatic rings. The van der Waals surface area contributed by atoms with Gasteiger partial charge in [-0.15, -0.1) is 11.3 Å². The number of carbonyl (C=O) groups is 3. The molecule has 1 aliphatic heterocycles. The first-order valence-corrected chi connectivity index (χ1v) is 13.2. The Hall–Kier alpha value is -4.73. The van der Waals surface area contributed by atoms with Gasteiger partial charge in [0.15, 0.2) is 0 Å². The lowest BCUT2D eigenvalue weighted by atomic mass is 10.1. The zero-order valence-electron chi connectivity index (χ0n) is 21.3. The molecule has 0 saturated carbocycles. The minimum Gasteiger partial charge on any atom is -0.497 e. The van der Waals surface area contributed by atoms with Gasteiger partial charge in [0, 0.05) is 21.5 Å². The summed E-state index contributed by atoms with van der Waals surface area (Å²) in [5, 5.41) is 18.0. The number of carbonyl (C=O) groups excluding carboxylic acids is 2. The van der Waals surface area contributed by atoms with Gasteiger partial charge in [-0.2, -0.15) is 10.1 Å². The van der Waals surface area contributed by atoms with Gasteiger partial charge >= 0.3 is 5.97 Å². The molecule has 0 spiro atoms. The van der Waals surface area contributed by atoms with Crippen molar-refractivity contribution in [2.75, 3.05) is 17.4 Å². The molecule has 2 heterocycles. The van der Waals surface area contributed by atoms with Crippen LogP contribution >= 0.6 is 22.9 Å². The number of nitrogens with one attached hydrogen (secondary N) is 1.